The van der Waals surface area contributed by atoms with Crippen LogP contribution in [0.25, 0.3) is 0 Å². The summed E-state index contributed by atoms with van der Waals surface area (Å²) < 4.78 is 0. The van der Waals surface area contributed by atoms with Crippen LogP contribution in [0.4, 0.5) is 5.69 Å². The molecule has 1 aromatic carbocycles. The second kappa shape index (κ2) is 5.22. The Bertz CT molecular complexity index is 512. The molecule has 16 heavy (non-hydrogen) atoms. The van der Waals surface area contributed by atoms with Crippen LogP contribution in [0.2, 0.25) is 10.0 Å². The van der Waals surface area contributed by atoms with Gasteiger partial charge in [-0.15, -0.1) is 0 Å². The first-order chi connectivity index (χ1) is 7.60. The van der Waals surface area contributed by atoms with Crippen molar-refractivity contribution in [2.45, 2.75) is 0 Å². The number of nitrogens with one attached hydrogen (secondary N) is 1. The number of anilines is 1. The van der Waals surface area contributed by atoms with Crippen LogP contribution >= 0.6 is 23.2 Å². The lowest BCUT2D eigenvalue weighted by Crippen LogP contribution is -1.97. The zero-order valence-corrected chi connectivity index (χ0v) is 9.21. The first kappa shape index (κ1) is 12.1. The average molecular weight is 255 g/mol. The van der Waals surface area contributed by atoms with Crippen molar-refractivity contribution in [3.05, 3.63) is 22.2 Å². The molecule has 0 aliphatic rings. The number of phenolic OH excluding ortho intramolecular Hbond substituents is 1. The van der Waals surface area contributed by atoms with Crippen molar-refractivity contribution in [1.82, 2.24) is 0 Å². The molecule has 0 bridgehead atoms. The SMILES string of the molecule is N#CC(C#N)=NNc1c(Cl)ccc(O)c1Cl. The predicted octanol–water partition coefficient (Wildman–Crippen LogP) is 2.51. The smallest absolute Gasteiger partial charge is 0.237 e. The summed E-state index contributed by atoms with van der Waals surface area (Å²) in [5, 5.41) is 29.8. The third-order valence-electron chi connectivity index (χ3n) is 1.56. The third kappa shape index (κ3) is 2.54. The fourth-order valence-corrected chi connectivity index (χ4v) is 1.29. The quantitative estimate of drug-likeness (QED) is 0.627. The van der Waals surface area contributed by atoms with Crippen molar-refractivity contribution in [2.75, 3.05) is 5.43 Å². The van der Waals surface area contributed by atoms with Gasteiger partial charge in [0.1, 0.15) is 22.9 Å². The molecular weight excluding hydrogens is 251 g/mol. The molecular formula is C9H4Cl2N4O. The van der Waals surface area contributed by atoms with Crippen LogP contribution in [0.1, 0.15) is 0 Å². The molecule has 5 nitrogen and oxygen atoms in total. The molecule has 2 N–H and O–H groups in total. The molecule has 80 valence electrons. The van der Waals surface area contributed by atoms with Crippen LogP contribution in [0.5, 0.6) is 5.75 Å². The highest BCUT2D eigenvalue weighted by molar-refractivity contribution is 6.40. The first-order valence-corrected chi connectivity index (χ1v) is 4.66. The Morgan fingerprint density at radius 2 is 1.94 bits per heavy atom. The third-order valence-corrected chi connectivity index (χ3v) is 2.26. The zero-order valence-electron chi connectivity index (χ0n) is 7.70. The van der Waals surface area contributed by atoms with Gasteiger partial charge in [-0.05, 0) is 12.1 Å². The number of rotatable bonds is 2. The summed E-state index contributed by atoms with van der Waals surface area (Å²) >= 11 is 11.5. The van der Waals surface area contributed by atoms with Crippen molar-refractivity contribution in [3.8, 4) is 17.9 Å². The fourth-order valence-electron chi connectivity index (χ4n) is 0.831. The van der Waals surface area contributed by atoms with Crippen LogP contribution in [-0.4, -0.2) is 10.8 Å². The van der Waals surface area contributed by atoms with Gasteiger partial charge >= 0.3 is 0 Å². The Hall–Kier alpha value is -1.95. The fraction of sp³-hybridized carbons (Fsp3) is 0. The molecule has 0 unspecified atom stereocenters. The highest BCUT2D eigenvalue weighted by Gasteiger charge is 2.09. The Morgan fingerprint density at radius 1 is 1.31 bits per heavy atom. The zero-order chi connectivity index (χ0) is 12.1. The molecule has 0 aliphatic carbocycles. The van der Waals surface area contributed by atoms with Crippen molar-refractivity contribution in [2.24, 2.45) is 5.10 Å². The summed E-state index contributed by atoms with van der Waals surface area (Å²) in [7, 11) is 0. The Balaban J connectivity index is 3.09. The summed E-state index contributed by atoms with van der Waals surface area (Å²) in [4.78, 5) is 0. The molecule has 0 amide bonds. The number of hydrogen-bond donors (Lipinski definition) is 2. The van der Waals surface area contributed by atoms with Gasteiger partial charge in [-0.3, -0.25) is 5.43 Å². The van der Waals surface area contributed by atoms with E-state index in [1.54, 1.807) is 12.1 Å². The second-order valence-corrected chi connectivity index (χ2v) is 3.34. The van der Waals surface area contributed by atoms with Gasteiger partial charge in [-0.25, -0.2) is 0 Å². The molecule has 0 atom stereocenters. The van der Waals surface area contributed by atoms with E-state index in [0.29, 0.717) is 0 Å². The Labute approximate surface area is 101 Å². The van der Waals surface area contributed by atoms with E-state index in [1.165, 1.54) is 12.1 Å². The van der Waals surface area contributed by atoms with Gasteiger partial charge in [0, 0.05) is 0 Å². The number of nitrogens with zero attached hydrogens (tertiary/aromatic N) is 3. The van der Waals surface area contributed by atoms with E-state index in [-0.39, 0.29) is 27.2 Å². The van der Waals surface area contributed by atoms with Crippen LogP contribution in [0, 0.1) is 22.7 Å². The standard InChI is InChI=1S/C9H4Cl2N4O/c10-6-1-2-7(16)8(11)9(6)15-14-5(3-12)4-13/h1-2,15-16H. The number of phenols is 1. The van der Waals surface area contributed by atoms with Crippen LogP contribution < -0.4 is 5.43 Å². The molecule has 7 heteroatoms. The van der Waals surface area contributed by atoms with Gasteiger partial charge in [0.2, 0.25) is 5.71 Å². The molecule has 0 fully saturated rings. The second-order valence-electron chi connectivity index (χ2n) is 2.55. The Kier molecular flexibility index (Phi) is 3.96. The van der Waals surface area contributed by atoms with E-state index in [0.717, 1.165) is 0 Å². The number of nitriles is 2. The normalized spacial score (nSPS) is 8.75. The van der Waals surface area contributed by atoms with E-state index in [9.17, 15) is 5.11 Å². The summed E-state index contributed by atoms with van der Waals surface area (Å²) in [5.41, 5.74) is 2.09. The van der Waals surface area contributed by atoms with Gasteiger partial charge < -0.3 is 5.11 Å². The van der Waals surface area contributed by atoms with Crippen molar-refractivity contribution in [1.29, 1.82) is 10.5 Å². The van der Waals surface area contributed by atoms with E-state index in [1.807, 2.05) is 0 Å². The molecule has 0 aromatic heterocycles. The van der Waals surface area contributed by atoms with E-state index in [2.05, 4.69) is 10.5 Å². The maximum atomic E-state index is 9.30. The summed E-state index contributed by atoms with van der Waals surface area (Å²) in [5.74, 6) is -0.181. The van der Waals surface area contributed by atoms with Gasteiger partial charge in [0.25, 0.3) is 0 Å². The maximum Gasteiger partial charge on any atom is 0.237 e. The first-order valence-electron chi connectivity index (χ1n) is 3.91. The van der Waals surface area contributed by atoms with Crippen molar-refractivity contribution >= 4 is 34.6 Å². The number of aromatic hydroxyl groups is 1. The van der Waals surface area contributed by atoms with E-state index >= 15 is 0 Å². The monoisotopic (exact) mass is 254 g/mol. The molecule has 0 saturated heterocycles. The van der Waals surface area contributed by atoms with Crippen molar-refractivity contribution in [3.63, 3.8) is 0 Å². The highest BCUT2D eigenvalue weighted by atomic mass is 35.5. The number of hydrazone groups is 1. The van der Waals surface area contributed by atoms with Gasteiger partial charge in [0.15, 0.2) is 0 Å². The van der Waals surface area contributed by atoms with Gasteiger partial charge in [-0.2, -0.15) is 15.6 Å². The van der Waals surface area contributed by atoms with Gasteiger partial charge in [0.05, 0.1) is 10.7 Å². The lowest BCUT2D eigenvalue weighted by Gasteiger charge is -2.06. The minimum atomic E-state index is -0.379. The van der Waals surface area contributed by atoms with Gasteiger partial charge in [-0.1, -0.05) is 23.2 Å². The highest BCUT2D eigenvalue weighted by Crippen LogP contribution is 2.36. The minimum absolute atomic E-state index is 0.0357. The number of halogens is 2. The molecule has 0 aliphatic heterocycles. The average Bonchev–Trinajstić information content (AvgIpc) is 2.29. The van der Waals surface area contributed by atoms with Crippen molar-refractivity contribution < 1.29 is 5.11 Å². The molecule has 0 radical (unpaired) electrons. The number of benzene rings is 1. The molecule has 0 heterocycles. The lowest BCUT2D eigenvalue weighted by molar-refractivity contribution is 0.476. The topological polar surface area (TPSA) is 92.2 Å². The molecule has 1 rings (SSSR count). The molecule has 0 saturated carbocycles. The lowest BCUT2D eigenvalue weighted by atomic mass is 10.3. The summed E-state index contributed by atoms with van der Waals surface area (Å²) in [6, 6.07) is 5.82. The van der Waals surface area contributed by atoms with E-state index in [4.69, 9.17) is 33.7 Å². The summed E-state index contributed by atoms with van der Waals surface area (Å²) in [6.07, 6.45) is 0. The number of hydrogen-bond acceptors (Lipinski definition) is 5. The molecule has 0 spiro atoms. The largest absolute Gasteiger partial charge is 0.506 e. The molecule has 1 aromatic rings. The predicted molar refractivity (Wildman–Crippen MR) is 60.4 cm³/mol. The van der Waals surface area contributed by atoms with Crippen LogP contribution in [0.15, 0.2) is 17.2 Å². The Morgan fingerprint density at radius 3 is 2.50 bits per heavy atom. The van der Waals surface area contributed by atoms with E-state index < -0.39 is 0 Å². The maximum absolute atomic E-state index is 9.30. The van der Waals surface area contributed by atoms with Crippen LogP contribution in [-0.2, 0) is 0 Å². The van der Waals surface area contributed by atoms with Crippen LogP contribution in [0.3, 0.4) is 0 Å². The minimum Gasteiger partial charge on any atom is -0.506 e. The summed E-state index contributed by atoms with van der Waals surface area (Å²) in [6.45, 7) is 0.